The van der Waals surface area contributed by atoms with Crippen LogP contribution in [-0.2, 0) is 44.6 Å². The summed E-state index contributed by atoms with van der Waals surface area (Å²) in [4.78, 5) is 70.5. The van der Waals surface area contributed by atoms with Gasteiger partial charge < -0.3 is 38.9 Å². The van der Waals surface area contributed by atoms with E-state index in [-0.39, 0.29) is 73.0 Å². The zero-order valence-corrected chi connectivity index (χ0v) is 64.6. The summed E-state index contributed by atoms with van der Waals surface area (Å²) >= 11 is 30.3. The minimum atomic E-state index is -0.853. The average Bonchev–Trinajstić information content (AvgIpc) is 1.59. The summed E-state index contributed by atoms with van der Waals surface area (Å²) in [6.45, 7) is 13.9. The fourth-order valence-corrected chi connectivity index (χ4v) is 16.0. The number of rotatable bonds is 10. The summed E-state index contributed by atoms with van der Waals surface area (Å²) in [5, 5.41) is 6.60. The van der Waals surface area contributed by atoms with Crippen LogP contribution < -0.4 is 0 Å². The van der Waals surface area contributed by atoms with Crippen LogP contribution in [0.15, 0.2) is 158 Å². The number of carbonyl (C=O) groups excluding carboxylic acids is 4. The Labute approximate surface area is 656 Å². The smallest absolute Gasteiger partial charge is 0.410 e. The Morgan fingerprint density at radius 1 is 0.409 bits per heavy atom. The number of carbonyl (C=O) groups is 4. The highest BCUT2D eigenvalue weighted by atomic mass is 35.5. The van der Waals surface area contributed by atoms with E-state index < -0.39 is 47.5 Å². The lowest BCUT2D eigenvalue weighted by Crippen LogP contribution is -2.41. The van der Waals surface area contributed by atoms with E-state index in [1.165, 1.54) is 45.2 Å². The average molecular weight is 1600 g/mol. The molecule has 4 unspecified atom stereocenters. The fourth-order valence-electron chi connectivity index (χ4n) is 15.2. The van der Waals surface area contributed by atoms with Crippen molar-refractivity contribution in [2.75, 3.05) is 51.9 Å². The number of hydrogen-bond donors (Lipinski definition) is 4. The molecule has 16 nitrogen and oxygen atoms in total. The molecule has 0 aliphatic carbocycles. The Hall–Kier alpha value is -9.90. The first-order valence-corrected chi connectivity index (χ1v) is 38.2. The first kappa shape index (κ1) is 78.2. The highest BCUT2D eigenvalue weighted by Gasteiger charge is 2.41. The van der Waals surface area contributed by atoms with E-state index in [2.05, 4.69) is 58.0 Å². The summed E-state index contributed by atoms with van der Waals surface area (Å²) in [6.07, 6.45) is 0.603. The fraction of sp³-hybridized carbons (Fsp3) is 0.286. The lowest BCUT2D eigenvalue weighted by atomic mass is 9.91. The van der Waals surface area contributed by atoms with E-state index in [4.69, 9.17) is 77.0 Å². The third-order valence-electron chi connectivity index (χ3n) is 20.1. The number of nitrogens with one attached hydrogen (secondary N) is 4. The van der Waals surface area contributed by atoms with Crippen LogP contribution in [0.5, 0.6) is 0 Å². The van der Waals surface area contributed by atoms with Gasteiger partial charge in [0.25, 0.3) is 0 Å². The van der Waals surface area contributed by atoms with Gasteiger partial charge in [0, 0.05) is 130 Å². The normalized spacial score (nSPS) is 16.5. The van der Waals surface area contributed by atoms with Crippen molar-refractivity contribution in [3.63, 3.8) is 0 Å². The second-order valence-electron chi connectivity index (χ2n) is 27.6. The second-order valence-corrected chi connectivity index (χ2v) is 29.7. The lowest BCUT2D eigenvalue weighted by molar-refractivity contribution is 0.0654. The highest BCUT2D eigenvalue weighted by Crippen LogP contribution is 2.45. The number of alkyl halides is 1. The largest absolute Gasteiger partial charge is 0.450 e. The third-order valence-corrected chi connectivity index (χ3v) is 21.2. The van der Waals surface area contributed by atoms with Crippen molar-refractivity contribution in [1.29, 1.82) is 0 Å². The third kappa shape index (κ3) is 16.3. The van der Waals surface area contributed by atoms with Crippen molar-refractivity contribution in [1.82, 2.24) is 39.5 Å². The number of ether oxygens (including phenoxy) is 4. The molecule has 0 saturated heterocycles. The standard InChI is InChI=1S/C24H27ClN2O2.C20H16Cl2F2N2O2.C20H17ClF2N2O2.C20H18ClFN2O2/c1-14(2)16-5-7-17(8-6-16)23-22-19(11-12-27(23)24(28)29-15(3)4)20-13-18(25)9-10-21(20)26-22;21-6-8-28-20(27)26-7-5-13-14-9-11(22)1-4-17(14)25-18(13)19(26)15-10-12(23)2-3-16(15)24;1-2-27-20(26)25-8-7-13-15-9-11(21)3-6-17(15)24-18(13)19(25)14-5-4-12(22)10-16(14)23;1-2-26-20(25)24-10-9-15-16-11-13(21)5-8-17(16)23-18(15)19(24)12-3-6-14(22)7-4-12/h5-10,13-15,23,26H,11-12H2,1-4H3;1-4,9-10,19,25H,5-8H2;3-6,9-10,19,24H,2,7-8H2,1H3;3-8,11,19,23H,2,9-10H2,1H3. The Balaban J connectivity index is 0.000000129. The Kier molecular flexibility index (Phi) is 24.0. The van der Waals surface area contributed by atoms with Crippen molar-refractivity contribution >= 4 is 126 Å². The number of H-pyrrole nitrogens is 4. The van der Waals surface area contributed by atoms with Gasteiger partial charge in [-0.3, -0.25) is 19.6 Å². The van der Waals surface area contributed by atoms with Crippen molar-refractivity contribution in [2.24, 2.45) is 0 Å². The van der Waals surface area contributed by atoms with Gasteiger partial charge in [-0.2, -0.15) is 0 Å². The van der Waals surface area contributed by atoms with Crippen LogP contribution in [0.4, 0.5) is 41.1 Å². The molecule has 0 saturated carbocycles. The van der Waals surface area contributed by atoms with E-state index in [1.54, 1.807) is 43.0 Å². The summed E-state index contributed by atoms with van der Waals surface area (Å²) < 4.78 is 91.2. The molecular formula is C84H78Cl5F5N8O8. The van der Waals surface area contributed by atoms with Gasteiger partial charge in [0.2, 0.25) is 0 Å². The number of hydrogen-bond acceptors (Lipinski definition) is 8. The molecule has 0 fully saturated rings. The minimum Gasteiger partial charge on any atom is -0.450 e. The molecule has 12 aromatic rings. The number of amides is 4. The highest BCUT2D eigenvalue weighted by molar-refractivity contribution is 6.32. The lowest BCUT2D eigenvalue weighted by Gasteiger charge is -2.36. The Morgan fingerprint density at radius 3 is 1.15 bits per heavy atom. The molecule has 110 heavy (non-hydrogen) atoms. The van der Waals surface area contributed by atoms with E-state index in [0.29, 0.717) is 77.9 Å². The number of aromatic amines is 4. The van der Waals surface area contributed by atoms with E-state index in [0.717, 1.165) is 119 Å². The predicted molar refractivity (Wildman–Crippen MR) is 420 cm³/mol. The molecule has 0 spiro atoms. The quantitative estimate of drug-likeness (QED) is 0.0593. The monoisotopic (exact) mass is 1600 g/mol. The summed E-state index contributed by atoms with van der Waals surface area (Å²) in [5.41, 5.74) is 14.7. The maximum Gasteiger partial charge on any atom is 0.410 e. The van der Waals surface area contributed by atoms with Crippen LogP contribution in [0.3, 0.4) is 0 Å². The van der Waals surface area contributed by atoms with Gasteiger partial charge in [0.15, 0.2) is 0 Å². The second kappa shape index (κ2) is 33.8. The number of halogens is 10. The first-order valence-electron chi connectivity index (χ1n) is 36.2. The van der Waals surface area contributed by atoms with Crippen LogP contribution in [0.1, 0.15) is 144 Å². The molecule has 4 aliphatic heterocycles. The number of benzene rings is 8. The Morgan fingerprint density at radius 2 is 0.764 bits per heavy atom. The van der Waals surface area contributed by atoms with Crippen LogP contribution in [-0.4, -0.2) is 122 Å². The van der Waals surface area contributed by atoms with Crippen molar-refractivity contribution in [2.45, 2.75) is 103 Å². The van der Waals surface area contributed by atoms with Gasteiger partial charge in [-0.05, 0) is 207 Å². The zero-order chi connectivity index (χ0) is 77.9. The van der Waals surface area contributed by atoms with E-state index in [1.807, 2.05) is 79.4 Å². The predicted octanol–water partition coefficient (Wildman–Crippen LogP) is 22.1. The molecule has 4 N–H and O–H groups in total. The molecule has 4 atom stereocenters. The van der Waals surface area contributed by atoms with Gasteiger partial charge in [-0.25, -0.2) is 41.1 Å². The number of fused-ring (bicyclic) bond motifs is 12. The van der Waals surface area contributed by atoms with Crippen LogP contribution in [0.25, 0.3) is 43.6 Å². The van der Waals surface area contributed by atoms with Crippen molar-refractivity contribution < 1.29 is 60.1 Å². The van der Waals surface area contributed by atoms with Crippen molar-refractivity contribution in [3.8, 4) is 0 Å². The molecule has 4 amide bonds. The Bertz CT molecular complexity index is 5420. The summed E-state index contributed by atoms with van der Waals surface area (Å²) in [7, 11) is 0. The van der Waals surface area contributed by atoms with Gasteiger partial charge in [0.1, 0.15) is 59.9 Å². The molecule has 572 valence electrons. The maximum atomic E-state index is 14.7. The maximum absolute atomic E-state index is 14.7. The summed E-state index contributed by atoms with van der Waals surface area (Å²) in [5.74, 6) is -2.27. The van der Waals surface area contributed by atoms with Gasteiger partial charge in [-0.15, -0.1) is 11.6 Å². The molecule has 0 radical (unpaired) electrons. The molecule has 26 heteroatoms. The topological polar surface area (TPSA) is 181 Å². The zero-order valence-electron chi connectivity index (χ0n) is 60.8. The van der Waals surface area contributed by atoms with E-state index >= 15 is 0 Å². The number of aromatic nitrogens is 4. The molecule has 0 bridgehead atoms. The van der Waals surface area contributed by atoms with Crippen molar-refractivity contribution in [3.05, 3.63) is 280 Å². The summed E-state index contributed by atoms with van der Waals surface area (Å²) in [6, 6.07) is 41.7. The molecule has 8 aromatic carbocycles. The molecule has 4 aliphatic rings. The number of nitrogens with zero attached hydrogens (tertiary/aromatic N) is 4. The molecule has 4 aromatic heterocycles. The minimum absolute atomic E-state index is 0.0322. The van der Waals surface area contributed by atoms with Gasteiger partial charge >= 0.3 is 24.4 Å². The molecule has 16 rings (SSSR count). The van der Waals surface area contributed by atoms with Crippen LogP contribution >= 0.6 is 58.0 Å². The SMILES string of the molecule is CC(C)OC(=O)N1CCc2c([nH]c3ccc(Cl)cc23)C1c1ccc(C(C)C)cc1.CCOC(=O)N1CCc2c([nH]c3ccc(Cl)cc23)C1c1ccc(F)cc1.CCOC(=O)N1CCc2c([nH]c3ccc(Cl)cc23)C1c1ccc(F)cc1F.O=C(OCCCl)N1CCc2c([nH]c3ccc(Cl)cc23)C1c1cc(F)ccc1F. The van der Waals surface area contributed by atoms with Gasteiger partial charge in [0.05, 0.1) is 25.2 Å². The van der Waals surface area contributed by atoms with Crippen LogP contribution in [0, 0.1) is 29.1 Å². The van der Waals surface area contributed by atoms with Crippen LogP contribution in [0.2, 0.25) is 20.1 Å². The van der Waals surface area contributed by atoms with E-state index in [9.17, 15) is 41.1 Å². The molecular weight excluding hydrogens is 1520 g/mol. The molecule has 8 heterocycles. The first-order chi connectivity index (χ1) is 52.9. The van der Waals surface area contributed by atoms with Gasteiger partial charge in [-0.1, -0.05) is 103 Å².